The number of hydrazine groups is 1. The summed E-state index contributed by atoms with van der Waals surface area (Å²) >= 11 is 7.60. The van der Waals surface area contributed by atoms with E-state index in [1.807, 2.05) is 41.1 Å². The van der Waals surface area contributed by atoms with Crippen LogP contribution in [0.5, 0.6) is 0 Å². The van der Waals surface area contributed by atoms with Gasteiger partial charge >= 0.3 is 0 Å². The van der Waals surface area contributed by atoms with Crippen LogP contribution in [0.4, 0.5) is 5.69 Å². The molecule has 1 fully saturated rings. The van der Waals surface area contributed by atoms with E-state index < -0.39 is 0 Å². The summed E-state index contributed by atoms with van der Waals surface area (Å²) in [5.74, 6) is -1.36. The molecule has 2 N–H and O–H groups in total. The van der Waals surface area contributed by atoms with Gasteiger partial charge in [-0.2, -0.15) is 11.3 Å². The first-order valence-corrected chi connectivity index (χ1v) is 12.3. The monoisotopic (exact) mass is 491 g/mol. The Morgan fingerprint density at radius 2 is 1.79 bits per heavy atom. The fourth-order valence-corrected chi connectivity index (χ4v) is 5.25. The van der Waals surface area contributed by atoms with E-state index in [-0.39, 0.29) is 35.6 Å². The van der Waals surface area contributed by atoms with Gasteiger partial charge in [-0.05, 0) is 71.1 Å². The van der Waals surface area contributed by atoms with Crippen molar-refractivity contribution in [2.24, 2.45) is 11.8 Å². The molecule has 2 aliphatic rings. The Labute approximate surface area is 206 Å². The van der Waals surface area contributed by atoms with Gasteiger partial charge in [-0.25, -0.2) is 5.01 Å². The van der Waals surface area contributed by atoms with Crippen LogP contribution in [-0.2, 0) is 9.59 Å². The maximum Gasteiger partial charge on any atom is 0.252 e. The Bertz CT molecular complexity index is 1260. The molecule has 0 spiro atoms. The Morgan fingerprint density at radius 1 is 1.03 bits per heavy atom. The number of allylic oxidation sites excluding steroid dienone is 2. The van der Waals surface area contributed by atoms with Gasteiger partial charge in [0, 0.05) is 10.6 Å². The molecule has 6 nitrogen and oxygen atoms in total. The molecule has 0 bridgehead atoms. The van der Waals surface area contributed by atoms with Gasteiger partial charge < -0.3 is 5.32 Å². The quantitative estimate of drug-likeness (QED) is 0.499. The predicted octanol–water partition coefficient (Wildman–Crippen LogP) is 4.88. The largest absolute Gasteiger partial charge is 0.341 e. The number of nitrogens with one attached hydrogen (secondary N) is 2. The van der Waals surface area contributed by atoms with Crippen molar-refractivity contribution in [1.82, 2.24) is 10.7 Å². The van der Waals surface area contributed by atoms with Gasteiger partial charge in [0.1, 0.15) is 0 Å². The van der Waals surface area contributed by atoms with Crippen LogP contribution in [-0.4, -0.2) is 17.7 Å². The molecular weight excluding hydrogens is 470 g/mol. The second-order valence-corrected chi connectivity index (χ2v) is 9.59. The average Bonchev–Trinajstić information content (AvgIpc) is 3.40. The van der Waals surface area contributed by atoms with E-state index in [2.05, 4.69) is 10.7 Å². The minimum Gasteiger partial charge on any atom is -0.341 e. The first kappa shape index (κ1) is 22.4. The lowest BCUT2D eigenvalue weighted by Crippen LogP contribution is -2.59. The fraction of sp³-hybridized carbons (Fsp3) is 0.192. The Balaban J connectivity index is 1.40. The number of carbonyl (C=O) groups excluding carboxylic acids is 3. The first-order valence-electron chi connectivity index (χ1n) is 11.0. The molecule has 2 heterocycles. The van der Waals surface area contributed by atoms with E-state index in [1.165, 1.54) is 5.01 Å². The number of rotatable bonds is 5. The molecule has 1 aliphatic heterocycles. The summed E-state index contributed by atoms with van der Waals surface area (Å²) in [4.78, 5) is 39.0. The smallest absolute Gasteiger partial charge is 0.252 e. The van der Waals surface area contributed by atoms with Crippen LogP contribution in [0, 0.1) is 11.8 Å². The standard InChI is InChI=1S/C26H22ClN3O3S/c27-19-10-8-16(9-11-19)23(18-12-13-34-15-18)28-24(31)17-4-3-5-20(14-17)30-26(33)22-7-2-1-6-21(22)25(32)29-30/h1-5,8-15,21-23H,6-7H2,(H,28,31)(H,29,32). The van der Waals surface area contributed by atoms with Gasteiger partial charge in [-0.1, -0.05) is 42.0 Å². The first-order chi connectivity index (χ1) is 16.5. The number of thiophene rings is 1. The molecule has 1 aromatic heterocycles. The van der Waals surface area contributed by atoms with E-state index in [0.717, 1.165) is 11.1 Å². The molecule has 3 aromatic rings. The third-order valence-corrected chi connectivity index (χ3v) is 7.20. The van der Waals surface area contributed by atoms with Crippen molar-refractivity contribution in [3.05, 3.63) is 99.2 Å². The van der Waals surface area contributed by atoms with Crippen LogP contribution in [0.15, 0.2) is 77.5 Å². The highest BCUT2D eigenvalue weighted by Crippen LogP contribution is 2.33. The van der Waals surface area contributed by atoms with Gasteiger partial charge in [0.2, 0.25) is 11.8 Å². The van der Waals surface area contributed by atoms with Crippen LogP contribution >= 0.6 is 22.9 Å². The van der Waals surface area contributed by atoms with E-state index in [4.69, 9.17) is 11.6 Å². The van der Waals surface area contributed by atoms with Crippen LogP contribution < -0.4 is 15.8 Å². The number of fused-ring (bicyclic) bond motifs is 1. The summed E-state index contributed by atoms with van der Waals surface area (Å²) in [5, 5.41) is 8.94. The van der Waals surface area contributed by atoms with Crippen LogP contribution in [0.2, 0.25) is 5.02 Å². The number of nitrogens with zero attached hydrogens (tertiary/aromatic N) is 1. The third-order valence-electron chi connectivity index (χ3n) is 6.25. The maximum absolute atomic E-state index is 13.3. The van der Waals surface area contributed by atoms with E-state index in [1.54, 1.807) is 47.7 Å². The number of hydrogen-bond donors (Lipinski definition) is 2. The van der Waals surface area contributed by atoms with Crippen molar-refractivity contribution in [1.29, 1.82) is 0 Å². The molecule has 3 atom stereocenters. The average molecular weight is 492 g/mol. The topological polar surface area (TPSA) is 78.5 Å². The summed E-state index contributed by atoms with van der Waals surface area (Å²) in [7, 11) is 0. The Hall–Kier alpha value is -3.42. The molecule has 1 saturated heterocycles. The van der Waals surface area contributed by atoms with Crippen molar-refractivity contribution in [3.8, 4) is 0 Å². The highest BCUT2D eigenvalue weighted by molar-refractivity contribution is 7.08. The minimum absolute atomic E-state index is 0.163. The molecule has 2 aromatic carbocycles. The molecule has 34 heavy (non-hydrogen) atoms. The lowest BCUT2D eigenvalue weighted by molar-refractivity contribution is -0.139. The minimum atomic E-state index is -0.385. The molecule has 5 rings (SSSR count). The molecule has 3 amide bonds. The number of anilines is 1. The second-order valence-electron chi connectivity index (χ2n) is 8.37. The fourth-order valence-electron chi connectivity index (χ4n) is 4.44. The zero-order valence-electron chi connectivity index (χ0n) is 18.1. The summed E-state index contributed by atoms with van der Waals surface area (Å²) in [6, 6.07) is 15.7. The number of amides is 3. The van der Waals surface area contributed by atoms with Crippen molar-refractivity contribution in [3.63, 3.8) is 0 Å². The predicted molar refractivity (Wildman–Crippen MR) is 133 cm³/mol. The molecular formula is C26H22ClN3O3S. The van der Waals surface area contributed by atoms with Crippen LogP contribution in [0.1, 0.15) is 40.4 Å². The number of hydrogen-bond acceptors (Lipinski definition) is 4. The molecule has 8 heteroatoms. The van der Waals surface area contributed by atoms with E-state index >= 15 is 0 Å². The van der Waals surface area contributed by atoms with Crippen molar-refractivity contribution in [2.75, 3.05) is 5.01 Å². The van der Waals surface area contributed by atoms with Crippen LogP contribution in [0.25, 0.3) is 0 Å². The molecule has 1 aliphatic carbocycles. The SMILES string of the molecule is O=C(NC(c1ccc(Cl)cc1)c1ccsc1)c1cccc(N2NC(=O)C3CC=CCC3C2=O)c1. The van der Waals surface area contributed by atoms with Crippen molar-refractivity contribution >= 4 is 46.3 Å². The van der Waals surface area contributed by atoms with Crippen LogP contribution in [0.3, 0.4) is 0 Å². The maximum atomic E-state index is 13.3. The highest BCUT2D eigenvalue weighted by Gasteiger charge is 2.42. The Kier molecular flexibility index (Phi) is 6.22. The zero-order chi connectivity index (χ0) is 23.7. The molecule has 0 radical (unpaired) electrons. The lowest BCUT2D eigenvalue weighted by Gasteiger charge is -2.38. The molecule has 3 unspecified atom stereocenters. The second kappa shape index (κ2) is 9.44. The van der Waals surface area contributed by atoms with Gasteiger partial charge in [0.25, 0.3) is 5.91 Å². The van der Waals surface area contributed by atoms with E-state index in [9.17, 15) is 14.4 Å². The van der Waals surface area contributed by atoms with Gasteiger partial charge in [0.15, 0.2) is 0 Å². The molecule has 172 valence electrons. The van der Waals surface area contributed by atoms with E-state index in [0.29, 0.717) is 29.1 Å². The van der Waals surface area contributed by atoms with Crippen molar-refractivity contribution < 1.29 is 14.4 Å². The lowest BCUT2D eigenvalue weighted by atomic mass is 9.80. The number of benzene rings is 2. The Morgan fingerprint density at radius 3 is 2.53 bits per heavy atom. The number of halogens is 1. The highest BCUT2D eigenvalue weighted by atomic mass is 35.5. The summed E-state index contributed by atoms with van der Waals surface area (Å²) in [6.45, 7) is 0. The summed E-state index contributed by atoms with van der Waals surface area (Å²) in [6.07, 6.45) is 4.99. The summed E-state index contributed by atoms with van der Waals surface area (Å²) in [5.41, 5.74) is 5.42. The van der Waals surface area contributed by atoms with Crippen molar-refractivity contribution in [2.45, 2.75) is 18.9 Å². The molecule has 0 saturated carbocycles. The summed E-state index contributed by atoms with van der Waals surface area (Å²) < 4.78 is 0. The third kappa shape index (κ3) is 4.36. The van der Waals surface area contributed by atoms with Gasteiger partial charge in [-0.3, -0.25) is 19.8 Å². The van der Waals surface area contributed by atoms with Gasteiger partial charge in [-0.15, -0.1) is 0 Å². The zero-order valence-corrected chi connectivity index (χ0v) is 19.7. The normalized spacial score (nSPS) is 20.4. The number of carbonyl (C=O) groups is 3. The van der Waals surface area contributed by atoms with Gasteiger partial charge in [0.05, 0.1) is 23.6 Å².